The minimum atomic E-state index is -0.498. The summed E-state index contributed by atoms with van der Waals surface area (Å²) in [6.45, 7) is 2.49. The molecule has 0 aliphatic carbocycles. The van der Waals surface area contributed by atoms with Crippen molar-refractivity contribution in [3.05, 3.63) is 34.9 Å². The van der Waals surface area contributed by atoms with Gasteiger partial charge in [0.2, 0.25) is 11.6 Å². The van der Waals surface area contributed by atoms with Crippen LogP contribution in [0, 0.1) is 0 Å². The van der Waals surface area contributed by atoms with Crippen LogP contribution in [0.5, 0.6) is 0 Å². The van der Waals surface area contributed by atoms with Gasteiger partial charge in [0.1, 0.15) is 6.67 Å². The van der Waals surface area contributed by atoms with Crippen LogP contribution in [0.15, 0.2) is 28.8 Å². The first-order valence-corrected chi connectivity index (χ1v) is 8.17. The number of anilines is 2. The molecule has 1 aromatic carbocycles. The Morgan fingerprint density at radius 1 is 1.16 bits per heavy atom. The first-order chi connectivity index (χ1) is 12.2. The van der Waals surface area contributed by atoms with E-state index < -0.39 is 6.67 Å². The summed E-state index contributed by atoms with van der Waals surface area (Å²) in [6, 6.07) is 7.05. The molecule has 8 nitrogen and oxygen atoms in total. The number of H-pyrrole nitrogens is 1. The number of nitrogens with zero attached hydrogens (tertiary/aromatic N) is 6. The van der Waals surface area contributed by atoms with Gasteiger partial charge in [0.25, 0.3) is 0 Å². The summed E-state index contributed by atoms with van der Waals surface area (Å²) in [5.74, 6) is 1.56. The monoisotopic (exact) mass is 363 g/mol. The van der Waals surface area contributed by atoms with E-state index in [1.807, 2.05) is 6.07 Å². The van der Waals surface area contributed by atoms with E-state index in [9.17, 15) is 4.39 Å². The quantitative estimate of drug-likeness (QED) is 0.761. The minimum absolute atomic E-state index is 0.368. The third-order valence-electron chi connectivity index (χ3n) is 4.17. The molecule has 1 aliphatic rings. The molecule has 1 saturated heterocycles. The van der Waals surface area contributed by atoms with Crippen molar-refractivity contribution in [3.63, 3.8) is 0 Å². The Labute approximate surface area is 147 Å². The zero-order valence-corrected chi connectivity index (χ0v) is 13.9. The molecule has 0 amide bonds. The van der Waals surface area contributed by atoms with Crippen LogP contribution < -0.4 is 9.80 Å². The van der Waals surface area contributed by atoms with E-state index in [0.717, 1.165) is 37.7 Å². The van der Waals surface area contributed by atoms with Gasteiger partial charge in [-0.1, -0.05) is 22.8 Å². The average Bonchev–Trinajstić information content (AvgIpc) is 3.34. The Bertz CT molecular complexity index is 845. The van der Waals surface area contributed by atoms with E-state index in [1.54, 1.807) is 18.2 Å². The Morgan fingerprint density at radius 3 is 2.68 bits per heavy atom. The van der Waals surface area contributed by atoms with Gasteiger partial charge in [-0.05, 0) is 22.9 Å². The predicted octanol–water partition coefficient (Wildman–Crippen LogP) is 2.30. The largest absolute Gasteiger partial charge is 0.367 e. The van der Waals surface area contributed by atoms with Gasteiger partial charge in [0, 0.05) is 32.2 Å². The molecule has 0 saturated carbocycles. The summed E-state index contributed by atoms with van der Waals surface area (Å²) >= 11 is 6.27. The van der Waals surface area contributed by atoms with Crippen LogP contribution in [0.25, 0.3) is 11.6 Å². The summed E-state index contributed by atoms with van der Waals surface area (Å²) < 4.78 is 18.2. The lowest BCUT2D eigenvalue weighted by atomic mass is 10.2. The number of alkyl halides is 1. The van der Waals surface area contributed by atoms with Crippen molar-refractivity contribution in [2.45, 2.75) is 6.67 Å². The van der Waals surface area contributed by atoms with Gasteiger partial charge >= 0.3 is 0 Å². The topological polar surface area (TPSA) is 87.0 Å². The first kappa shape index (κ1) is 15.8. The molecule has 1 aliphatic heterocycles. The van der Waals surface area contributed by atoms with E-state index >= 15 is 0 Å². The number of benzene rings is 1. The number of nitrogens with one attached hydrogen (secondary N) is 1. The minimum Gasteiger partial charge on any atom is -0.367 e. The van der Waals surface area contributed by atoms with E-state index in [1.165, 1.54) is 0 Å². The molecule has 2 aromatic heterocycles. The average molecular weight is 364 g/mol. The molecule has 3 heterocycles. The second-order valence-electron chi connectivity index (χ2n) is 5.68. The lowest BCUT2D eigenvalue weighted by molar-refractivity contribution is 0.427. The third-order valence-corrected chi connectivity index (χ3v) is 4.49. The molecule has 0 atom stereocenters. The summed E-state index contributed by atoms with van der Waals surface area (Å²) in [7, 11) is 0. The molecular formula is C15H15ClFN7O. The lowest BCUT2D eigenvalue weighted by Gasteiger charge is -2.36. The van der Waals surface area contributed by atoms with Crippen LogP contribution in [-0.4, -0.2) is 52.0 Å². The molecular weight excluding hydrogens is 349 g/mol. The third kappa shape index (κ3) is 3.14. The number of piperazine rings is 1. The van der Waals surface area contributed by atoms with Gasteiger partial charge in [0.15, 0.2) is 5.82 Å². The smallest absolute Gasteiger partial charge is 0.242 e. The molecule has 25 heavy (non-hydrogen) atoms. The fourth-order valence-corrected chi connectivity index (χ4v) is 3.08. The summed E-state index contributed by atoms with van der Waals surface area (Å²) in [6.07, 6.45) is 0. The number of rotatable bonds is 4. The van der Waals surface area contributed by atoms with Crippen molar-refractivity contribution < 1.29 is 8.91 Å². The lowest BCUT2D eigenvalue weighted by Crippen LogP contribution is -2.46. The zero-order chi connectivity index (χ0) is 17.2. The highest BCUT2D eigenvalue weighted by molar-refractivity contribution is 6.33. The normalized spacial score (nSPS) is 15.0. The highest BCUT2D eigenvalue weighted by atomic mass is 35.5. The molecule has 4 rings (SSSR count). The maximum absolute atomic E-state index is 12.9. The number of hydrogen-bond acceptors (Lipinski definition) is 7. The van der Waals surface area contributed by atoms with Gasteiger partial charge in [0.05, 0.1) is 10.7 Å². The number of tetrazole rings is 1. The van der Waals surface area contributed by atoms with Crippen LogP contribution in [0.3, 0.4) is 0 Å². The van der Waals surface area contributed by atoms with Crippen molar-refractivity contribution in [2.24, 2.45) is 0 Å². The fourth-order valence-electron chi connectivity index (χ4n) is 2.85. The van der Waals surface area contributed by atoms with Crippen molar-refractivity contribution >= 4 is 23.1 Å². The van der Waals surface area contributed by atoms with Gasteiger partial charge < -0.3 is 14.3 Å². The second kappa shape index (κ2) is 6.67. The summed E-state index contributed by atoms with van der Waals surface area (Å²) in [5, 5.41) is 18.3. The van der Waals surface area contributed by atoms with Crippen molar-refractivity contribution in [2.75, 3.05) is 36.0 Å². The van der Waals surface area contributed by atoms with Crippen LogP contribution in [0.4, 0.5) is 15.9 Å². The van der Waals surface area contributed by atoms with Crippen LogP contribution >= 0.6 is 11.6 Å². The Balaban J connectivity index is 1.45. The standard InChI is InChI=1S/C15H15ClFN7O/c16-11-2-1-10(9-17)7-12(11)23-3-5-24(6-4-23)14-8-13(25-20-14)15-18-21-22-19-15/h1-2,7-8H,3-6,9H2,(H,18,19,21,22). The Morgan fingerprint density at radius 2 is 1.96 bits per heavy atom. The first-order valence-electron chi connectivity index (χ1n) is 7.79. The van der Waals surface area contributed by atoms with E-state index in [-0.39, 0.29) is 0 Å². The molecule has 130 valence electrons. The summed E-state index contributed by atoms with van der Waals surface area (Å²) in [4.78, 5) is 4.26. The van der Waals surface area contributed by atoms with Crippen LogP contribution in [-0.2, 0) is 6.67 Å². The number of aromatic amines is 1. The van der Waals surface area contributed by atoms with E-state index in [4.69, 9.17) is 16.1 Å². The number of halogens is 2. The number of aromatic nitrogens is 5. The Kier molecular flexibility index (Phi) is 4.22. The number of hydrogen-bond donors (Lipinski definition) is 1. The van der Waals surface area contributed by atoms with E-state index in [2.05, 4.69) is 35.6 Å². The molecule has 0 unspecified atom stereocenters. The van der Waals surface area contributed by atoms with Gasteiger partial charge in [-0.15, -0.1) is 10.2 Å². The van der Waals surface area contributed by atoms with Gasteiger partial charge in [-0.3, -0.25) is 0 Å². The second-order valence-corrected chi connectivity index (χ2v) is 6.09. The van der Waals surface area contributed by atoms with Crippen LogP contribution in [0.2, 0.25) is 5.02 Å². The van der Waals surface area contributed by atoms with Crippen molar-refractivity contribution in [1.82, 2.24) is 25.8 Å². The Hall–Kier alpha value is -2.68. The van der Waals surface area contributed by atoms with Crippen molar-refractivity contribution in [3.8, 4) is 11.6 Å². The maximum atomic E-state index is 12.9. The molecule has 0 spiro atoms. The molecule has 3 aromatic rings. The van der Waals surface area contributed by atoms with Gasteiger partial charge in [-0.2, -0.15) is 5.21 Å². The highest BCUT2D eigenvalue weighted by Crippen LogP contribution is 2.29. The maximum Gasteiger partial charge on any atom is 0.242 e. The molecule has 1 N–H and O–H groups in total. The highest BCUT2D eigenvalue weighted by Gasteiger charge is 2.22. The van der Waals surface area contributed by atoms with E-state index in [0.29, 0.717) is 22.2 Å². The molecule has 0 bridgehead atoms. The molecule has 1 fully saturated rings. The van der Waals surface area contributed by atoms with Crippen LogP contribution in [0.1, 0.15) is 5.56 Å². The molecule has 10 heteroatoms. The fraction of sp³-hybridized carbons (Fsp3) is 0.333. The predicted molar refractivity (Wildman–Crippen MR) is 90.4 cm³/mol. The summed E-state index contributed by atoms with van der Waals surface area (Å²) in [5.41, 5.74) is 1.49. The van der Waals surface area contributed by atoms with Crippen molar-refractivity contribution in [1.29, 1.82) is 0 Å². The molecule has 0 radical (unpaired) electrons. The zero-order valence-electron chi connectivity index (χ0n) is 13.2. The van der Waals surface area contributed by atoms with Gasteiger partial charge in [-0.25, -0.2) is 4.39 Å². The SMILES string of the molecule is FCc1ccc(Cl)c(N2CCN(c3cc(-c4nn[nH]n4)on3)CC2)c1.